The molecule has 0 aromatic heterocycles. The third kappa shape index (κ3) is 13.1. The van der Waals surface area contributed by atoms with Crippen LogP contribution in [0, 0.1) is 11.3 Å². The van der Waals surface area contributed by atoms with Crippen molar-refractivity contribution in [1.82, 2.24) is 10.2 Å². The molecule has 0 aliphatic heterocycles. The summed E-state index contributed by atoms with van der Waals surface area (Å²) in [6, 6.07) is 6.07. The Morgan fingerprint density at radius 3 is 2.20 bits per heavy atom. The van der Waals surface area contributed by atoms with Gasteiger partial charge in [0.15, 0.2) is 11.6 Å². The first-order valence-electron chi connectivity index (χ1n) is 13.6. The van der Waals surface area contributed by atoms with Gasteiger partial charge in [0.25, 0.3) is 0 Å². The minimum atomic E-state index is -3.91. The Bertz CT molecular complexity index is 1000. The molecule has 0 saturated heterocycles. The number of alkyl carbamates (subject to hydrolysis) is 1. The van der Waals surface area contributed by atoms with Gasteiger partial charge in [-0.3, -0.25) is 14.2 Å². The summed E-state index contributed by atoms with van der Waals surface area (Å²) in [5, 5.41) is 14.3. The van der Waals surface area contributed by atoms with E-state index in [2.05, 4.69) is 5.32 Å². The van der Waals surface area contributed by atoms with E-state index in [4.69, 9.17) is 25.4 Å². The first kappa shape index (κ1) is 36.1. The number of nitrogens with one attached hydrogen (secondary N) is 1. The summed E-state index contributed by atoms with van der Waals surface area (Å²) >= 11 is 5.99. The molecule has 228 valence electrons. The summed E-state index contributed by atoms with van der Waals surface area (Å²) in [5.74, 6) is -2.68. The van der Waals surface area contributed by atoms with Crippen LogP contribution in [-0.2, 0) is 34.5 Å². The second-order valence-electron chi connectivity index (χ2n) is 11.0. The SMILES string of the molecule is CCOP(=O)(OCC)C(O)[C@@H](CCC(=O)C(CC(C)(C)C)NC(=O)OCc1cccc(Cl)c1)CCC(=O)N(C)C. The van der Waals surface area contributed by atoms with Crippen LogP contribution in [0.5, 0.6) is 0 Å². The van der Waals surface area contributed by atoms with Crippen LogP contribution in [0.1, 0.15) is 72.3 Å². The Labute approximate surface area is 243 Å². The van der Waals surface area contributed by atoms with Gasteiger partial charge in [-0.2, -0.15) is 0 Å². The fourth-order valence-electron chi connectivity index (χ4n) is 4.10. The van der Waals surface area contributed by atoms with Gasteiger partial charge in [0, 0.05) is 32.0 Å². The van der Waals surface area contributed by atoms with E-state index < -0.39 is 31.5 Å². The lowest BCUT2D eigenvalue weighted by Crippen LogP contribution is -2.43. The Morgan fingerprint density at radius 1 is 1.07 bits per heavy atom. The molecule has 2 unspecified atom stereocenters. The zero-order valence-corrected chi connectivity index (χ0v) is 26.4. The summed E-state index contributed by atoms with van der Waals surface area (Å²) in [6.07, 6.45) is -0.0558. The van der Waals surface area contributed by atoms with E-state index in [-0.39, 0.29) is 62.6 Å². The number of aliphatic hydroxyl groups is 1. The predicted molar refractivity (Wildman–Crippen MR) is 155 cm³/mol. The number of ether oxygens (including phenoxy) is 1. The number of ketones is 1. The smallest absolute Gasteiger partial charge is 0.408 e. The van der Waals surface area contributed by atoms with E-state index in [9.17, 15) is 24.1 Å². The standard InChI is InChI=1S/C28H46ClN2O8P/c1-8-38-40(36,39-9-2)26(34)21(14-16-25(33)31(6)7)13-15-24(32)23(18-28(3,4)5)30-27(35)37-19-20-11-10-12-22(29)17-20/h10-12,17,21,23,26,34H,8-9,13-16,18-19H2,1-7H3,(H,30,35)/t21-,23?,26?/m0/s1. The van der Waals surface area contributed by atoms with Crippen molar-refractivity contribution in [3.05, 3.63) is 34.9 Å². The lowest BCUT2D eigenvalue weighted by molar-refractivity contribution is -0.129. The molecule has 0 bridgehead atoms. The normalized spacial score (nSPS) is 14.2. The van der Waals surface area contributed by atoms with Crippen LogP contribution in [0.3, 0.4) is 0 Å². The highest BCUT2D eigenvalue weighted by molar-refractivity contribution is 7.54. The molecule has 10 nitrogen and oxygen atoms in total. The number of Topliss-reactive ketones (excluding diaryl/α,β-unsaturated/α-hetero) is 1. The van der Waals surface area contributed by atoms with Crippen molar-refractivity contribution in [2.24, 2.45) is 11.3 Å². The Hall–Kier alpha value is -1.97. The fraction of sp³-hybridized carbons (Fsp3) is 0.679. The van der Waals surface area contributed by atoms with Crippen LogP contribution in [0.15, 0.2) is 24.3 Å². The van der Waals surface area contributed by atoms with Gasteiger partial charge in [0.1, 0.15) is 6.61 Å². The van der Waals surface area contributed by atoms with Crippen molar-refractivity contribution in [2.45, 2.75) is 85.2 Å². The molecule has 0 aliphatic rings. The van der Waals surface area contributed by atoms with Crippen molar-refractivity contribution in [2.75, 3.05) is 27.3 Å². The molecular weight excluding hydrogens is 559 g/mol. The third-order valence-corrected chi connectivity index (χ3v) is 8.65. The lowest BCUT2D eigenvalue weighted by atomic mass is 9.85. The van der Waals surface area contributed by atoms with Crippen molar-refractivity contribution < 1.29 is 37.8 Å². The Balaban J connectivity index is 3.02. The molecule has 1 aromatic rings. The summed E-state index contributed by atoms with van der Waals surface area (Å²) in [6.45, 7) is 9.24. The summed E-state index contributed by atoms with van der Waals surface area (Å²) < 4.78 is 29.3. The maximum atomic E-state index is 13.4. The van der Waals surface area contributed by atoms with Crippen LogP contribution < -0.4 is 5.32 Å². The molecule has 0 aliphatic carbocycles. The van der Waals surface area contributed by atoms with Gasteiger partial charge in [0.05, 0.1) is 19.3 Å². The van der Waals surface area contributed by atoms with Crippen molar-refractivity contribution in [3.63, 3.8) is 0 Å². The number of hydrogen-bond acceptors (Lipinski definition) is 8. The number of amides is 2. The topological polar surface area (TPSA) is 131 Å². The molecule has 2 amide bonds. The molecule has 1 aromatic carbocycles. The van der Waals surface area contributed by atoms with Crippen molar-refractivity contribution >= 4 is 37.0 Å². The molecule has 1 rings (SSSR count). The van der Waals surface area contributed by atoms with Crippen molar-refractivity contribution in [3.8, 4) is 0 Å². The monoisotopic (exact) mass is 604 g/mol. The van der Waals surface area contributed by atoms with Crippen LogP contribution >= 0.6 is 19.2 Å². The predicted octanol–water partition coefficient (Wildman–Crippen LogP) is 5.79. The van der Waals surface area contributed by atoms with Crippen LogP contribution in [0.4, 0.5) is 4.79 Å². The van der Waals surface area contributed by atoms with Gasteiger partial charge in [-0.05, 0) is 62.1 Å². The van der Waals surface area contributed by atoms with Gasteiger partial charge in [-0.15, -0.1) is 0 Å². The van der Waals surface area contributed by atoms with E-state index >= 15 is 0 Å². The largest absolute Gasteiger partial charge is 0.445 e. The second kappa shape index (κ2) is 17.1. The number of halogens is 1. The third-order valence-electron chi connectivity index (χ3n) is 6.11. The van der Waals surface area contributed by atoms with E-state index in [0.717, 1.165) is 0 Å². The molecule has 12 heteroatoms. The summed E-state index contributed by atoms with van der Waals surface area (Å²) in [4.78, 5) is 39.7. The number of benzene rings is 1. The van der Waals surface area contributed by atoms with Gasteiger partial charge >= 0.3 is 13.7 Å². The molecular formula is C28H46ClN2O8P. The summed E-state index contributed by atoms with van der Waals surface area (Å²) in [5.41, 5.74) is 0.413. The quantitative estimate of drug-likeness (QED) is 0.214. The number of carbonyl (C=O) groups is 3. The van der Waals surface area contributed by atoms with Crippen LogP contribution in [0.2, 0.25) is 5.02 Å². The highest BCUT2D eigenvalue weighted by Gasteiger charge is 2.40. The molecule has 3 atom stereocenters. The highest BCUT2D eigenvalue weighted by Crippen LogP contribution is 2.55. The minimum absolute atomic E-state index is 0.0128. The highest BCUT2D eigenvalue weighted by atomic mass is 35.5. The molecule has 0 fully saturated rings. The number of aliphatic hydroxyl groups excluding tert-OH is 1. The Morgan fingerprint density at radius 2 is 1.68 bits per heavy atom. The van der Waals surface area contributed by atoms with Gasteiger partial charge in [-0.1, -0.05) is 44.5 Å². The maximum absolute atomic E-state index is 13.4. The molecule has 40 heavy (non-hydrogen) atoms. The molecule has 0 heterocycles. The number of nitrogens with zero attached hydrogens (tertiary/aromatic N) is 1. The first-order chi connectivity index (χ1) is 18.6. The molecule has 2 N–H and O–H groups in total. The van der Waals surface area contributed by atoms with Gasteiger partial charge < -0.3 is 29.1 Å². The molecule has 0 spiro atoms. The molecule has 0 radical (unpaired) electrons. The number of carbonyl (C=O) groups excluding carboxylic acids is 3. The summed E-state index contributed by atoms with van der Waals surface area (Å²) in [7, 11) is -0.668. The number of hydrogen-bond donors (Lipinski definition) is 2. The lowest BCUT2D eigenvalue weighted by Gasteiger charge is -2.30. The van der Waals surface area contributed by atoms with Crippen molar-refractivity contribution in [1.29, 1.82) is 0 Å². The zero-order valence-electron chi connectivity index (χ0n) is 24.8. The van der Waals surface area contributed by atoms with Crippen LogP contribution in [0.25, 0.3) is 0 Å². The van der Waals surface area contributed by atoms with Gasteiger partial charge in [0.2, 0.25) is 5.91 Å². The minimum Gasteiger partial charge on any atom is -0.445 e. The van der Waals surface area contributed by atoms with E-state index in [1.807, 2.05) is 20.8 Å². The average Bonchev–Trinajstić information content (AvgIpc) is 2.86. The maximum Gasteiger partial charge on any atom is 0.408 e. The Kier molecular flexibility index (Phi) is 15.4. The van der Waals surface area contributed by atoms with Crippen LogP contribution in [-0.4, -0.2) is 67.0 Å². The average molecular weight is 605 g/mol. The van der Waals surface area contributed by atoms with Gasteiger partial charge in [-0.25, -0.2) is 4.79 Å². The van der Waals surface area contributed by atoms with E-state index in [1.54, 1.807) is 52.2 Å². The first-order valence-corrected chi connectivity index (χ1v) is 15.6. The van der Waals surface area contributed by atoms with E-state index in [1.165, 1.54) is 4.90 Å². The zero-order chi connectivity index (χ0) is 30.5. The van der Waals surface area contributed by atoms with E-state index in [0.29, 0.717) is 17.0 Å². The number of rotatable bonds is 17. The molecule has 0 saturated carbocycles. The fourth-order valence-corrected chi connectivity index (χ4v) is 6.23. The second-order valence-corrected chi connectivity index (χ2v) is 13.6.